The lowest BCUT2D eigenvalue weighted by Crippen LogP contribution is -2.36. The van der Waals surface area contributed by atoms with Crippen molar-refractivity contribution in [2.24, 2.45) is 0 Å². The van der Waals surface area contributed by atoms with E-state index in [4.69, 9.17) is 0 Å². The molecule has 2 rings (SSSR count). The van der Waals surface area contributed by atoms with Crippen LogP contribution < -0.4 is 14.8 Å². The summed E-state index contributed by atoms with van der Waals surface area (Å²) in [5, 5.41) is 24.7. The summed E-state index contributed by atoms with van der Waals surface area (Å²) >= 11 is 0. The van der Waals surface area contributed by atoms with Crippen LogP contribution in [0.5, 0.6) is 0 Å². The van der Waals surface area contributed by atoms with Gasteiger partial charge in [0, 0.05) is 38.3 Å². The van der Waals surface area contributed by atoms with Crippen LogP contribution in [0.2, 0.25) is 0 Å². The van der Waals surface area contributed by atoms with Gasteiger partial charge in [0.25, 0.3) is 11.4 Å². The van der Waals surface area contributed by atoms with Gasteiger partial charge in [-0.05, 0) is 12.1 Å². The molecule has 0 radical (unpaired) electrons. The Bertz CT molecular complexity index is 1080. The molecule has 0 saturated carbocycles. The number of benzene rings is 2. The minimum absolute atomic E-state index is 0.104. The highest BCUT2D eigenvalue weighted by Gasteiger charge is 2.25. The number of nitro benzene ring substituents is 2. The molecule has 0 fully saturated rings. The maximum Gasteiger partial charge on any atom is 0.289 e. The highest BCUT2D eigenvalue weighted by molar-refractivity contribution is 7.90. The molecule has 2 aromatic rings. The third-order valence-electron chi connectivity index (χ3n) is 3.89. The van der Waals surface area contributed by atoms with Gasteiger partial charge in [-0.25, -0.2) is 26.3 Å². The average Bonchev–Trinajstić information content (AvgIpc) is 2.73. The van der Waals surface area contributed by atoms with Gasteiger partial charge in [-0.15, -0.1) is 0 Å². The quantitative estimate of drug-likeness (QED) is 0.222. The number of para-hydroxylation sites is 2. The number of nitrogens with one attached hydrogen (secondary N) is 3. The van der Waals surface area contributed by atoms with Gasteiger partial charge >= 0.3 is 0 Å². The lowest BCUT2D eigenvalue weighted by molar-refractivity contribution is -0.388. The predicted molar refractivity (Wildman–Crippen MR) is 109 cm³/mol. The molecule has 0 aliphatic heterocycles. The van der Waals surface area contributed by atoms with Crippen molar-refractivity contribution in [3.63, 3.8) is 0 Å². The minimum atomic E-state index is -4.11. The average molecular weight is 473 g/mol. The lowest BCUT2D eigenvalue weighted by Gasteiger charge is -2.09. The van der Waals surface area contributed by atoms with E-state index in [0.29, 0.717) is 0 Å². The monoisotopic (exact) mass is 473 g/mol. The van der Waals surface area contributed by atoms with Gasteiger partial charge in [0.05, 0.1) is 9.85 Å². The smallest absolute Gasteiger partial charge is 0.289 e. The molecule has 0 amide bonds. The first kappa shape index (κ1) is 24.3. The topological polar surface area (TPSA) is 191 Å². The highest BCUT2D eigenvalue weighted by atomic mass is 32.2. The van der Waals surface area contributed by atoms with Crippen LogP contribution in [0.1, 0.15) is 0 Å². The maximum atomic E-state index is 12.2. The summed E-state index contributed by atoms with van der Waals surface area (Å²) in [5.41, 5.74) is -1.10. The Morgan fingerprint density at radius 1 is 0.645 bits per heavy atom. The van der Waals surface area contributed by atoms with E-state index in [1.807, 2.05) is 0 Å². The maximum absolute atomic E-state index is 12.2. The van der Waals surface area contributed by atoms with Crippen LogP contribution in [-0.2, 0) is 20.0 Å². The van der Waals surface area contributed by atoms with Crippen molar-refractivity contribution in [3.05, 3.63) is 68.8 Å². The van der Waals surface area contributed by atoms with Crippen LogP contribution >= 0.6 is 0 Å². The second-order valence-corrected chi connectivity index (χ2v) is 9.47. The Kier molecular flexibility index (Phi) is 8.12. The van der Waals surface area contributed by atoms with Gasteiger partial charge < -0.3 is 5.32 Å². The Hall–Kier alpha value is -2.98. The van der Waals surface area contributed by atoms with Crippen LogP contribution in [-0.4, -0.2) is 52.9 Å². The zero-order chi connectivity index (χ0) is 23.1. The van der Waals surface area contributed by atoms with Gasteiger partial charge in [0.15, 0.2) is 9.79 Å². The molecule has 13 nitrogen and oxygen atoms in total. The Morgan fingerprint density at radius 3 is 1.35 bits per heavy atom. The molecule has 168 valence electrons. The fourth-order valence-corrected chi connectivity index (χ4v) is 4.90. The van der Waals surface area contributed by atoms with Crippen molar-refractivity contribution in [2.45, 2.75) is 9.79 Å². The molecule has 0 aliphatic rings. The molecule has 0 atom stereocenters. The van der Waals surface area contributed by atoms with Crippen molar-refractivity contribution < 1.29 is 26.7 Å². The molecule has 31 heavy (non-hydrogen) atoms. The molecule has 3 N–H and O–H groups in total. The number of rotatable bonds is 12. The van der Waals surface area contributed by atoms with E-state index in [0.717, 1.165) is 24.3 Å². The van der Waals surface area contributed by atoms with E-state index in [-0.39, 0.29) is 26.2 Å². The molecular weight excluding hydrogens is 454 g/mol. The van der Waals surface area contributed by atoms with E-state index < -0.39 is 51.1 Å². The van der Waals surface area contributed by atoms with E-state index in [1.54, 1.807) is 0 Å². The van der Waals surface area contributed by atoms with Crippen LogP contribution in [0, 0.1) is 20.2 Å². The van der Waals surface area contributed by atoms with Gasteiger partial charge in [-0.3, -0.25) is 20.2 Å². The molecule has 0 saturated heterocycles. The Labute approximate surface area is 177 Å². The van der Waals surface area contributed by atoms with E-state index in [1.165, 1.54) is 24.3 Å². The van der Waals surface area contributed by atoms with Crippen molar-refractivity contribution >= 4 is 31.4 Å². The van der Waals surface area contributed by atoms with Crippen LogP contribution in [0.4, 0.5) is 11.4 Å². The Balaban J connectivity index is 1.82. The van der Waals surface area contributed by atoms with Crippen molar-refractivity contribution in [1.29, 1.82) is 0 Å². The standard InChI is InChI=1S/C16H19N5O8S2/c22-20(23)13-5-1-3-7-15(13)30(26,27)18-11-9-17-10-12-19-31(28,29)16-8-4-2-6-14(16)21(24)25/h1-8,17-19H,9-12H2. The highest BCUT2D eigenvalue weighted by Crippen LogP contribution is 2.23. The van der Waals surface area contributed by atoms with E-state index in [2.05, 4.69) is 14.8 Å². The molecule has 0 bridgehead atoms. The summed E-state index contributed by atoms with van der Waals surface area (Å²) in [5.74, 6) is 0. The zero-order valence-electron chi connectivity index (χ0n) is 15.9. The lowest BCUT2D eigenvalue weighted by atomic mass is 10.3. The molecule has 0 aliphatic carbocycles. The third-order valence-corrected chi connectivity index (χ3v) is 6.91. The molecule has 0 spiro atoms. The number of nitro groups is 2. The van der Waals surface area contributed by atoms with Gasteiger partial charge in [0.2, 0.25) is 20.0 Å². The summed E-state index contributed by atoms with van der Waals surface area (Å²) in [6, 6.07) is 9.82. The fraction of sp³-hybridized carbons (Fsp3) is 0.250. The molecule has 0 unspecified atom stereocenters. The first-order chi connectivity index (χ1) is 14.6. The SMILES string of the molecule is O=[N+]([O-])c1ccccc1S(=O)(=O)NCCNCCNS(=O)(=O)c1ccccc1[N+](=O)[O-]. The molecular formula is C16H19N5O8S2. The van der Waals surface area contributed by atoms with Gasteiger partial charge in [-0.1, -0.05) is 24.3 Å². The largest absolute Gasteiger partial charge is 0.314 e. The summed E-state index contributed by atoms with van der Waals surface area (Å²) in [4.78, 5) is 19.4. The Morgan fingerprint density at radius 2 is 1.00 bits per heavy atom. The zero-order valence-corrected chi connectivity index (χ0v) is 17.6. The van der Waals surface area contributed by atoms with Crippen LogP contribution in [0.25, 0.3) is 0 Å². The van der Waals surface area contributed by atoms with Gasteiger partial charge in [-0.2, -0.15) is 0 Å². The predicted octanol–water partition coefficient (Wildman–Crippen LogP) is 0.349. The minimum Gasteiger partial charge on any atom is -0.314 e. The summed E-state index contributed by atoms with van der Waals surface area (Å²) in [6.07, 6.45) is 0. The molecule has 0 heterocycles. The van der Waals surface area contributed by atoms with Crippen molar-refractivity contribution in [2.75, 3.05) is 26.2 Å². The van der Waals surface area contributed by atoms with Crippen LogP contribution in [0.15, 0.2) is 58.3 Å². The fourth-order valence-electron chi connectivity index (χ4n) is 2.50. The molecule has 0 aromatic heterocycles. The van der Waals surface area contributed by atoms with E-state index in [9.17, 15) is 37.1 Å². The van der Waals surface area contributed by atoms with Crippen LogP contribution in [0.3, 0.4) is 0 Å². The first-order valence-electron chi connectivity index (χ1n) is 8.73. The third kappa shape index (κ3) is 6.50. The molecule has 15 heteroatoms. The summed E-state index contributed by atoms with van der Waals surface area (Å²) in [7, 11) is -8.22. The second kappa shape index (κ2) is 10.4. The summed E-state index contributed by atoms with van der Waals surface area (Å²) < 4.78 is 53.4. The summed E-state index contributed by atoms with van der Waals surface area (Å²) in [6.45, 7) is -0.00325. The number of hydrogen-bond acceptors (Lipinski definition) is 9. The molecule has 2 aromatic carbocycles. The number of nitrogens with zero attached hydrogens (tertiary/aromatic N) is 2. The van der Waals surface area contributed by atoms with Crippen molar-refractivity contribution in [3.8, 4) is 0 Å². The normalized spacial score (nSPS) is 11.9. The number of sulfonamides is 2. The second-order valence-electron chi connectivity index (χ2n) is 6.00. The van der Waals surface area contributed by atoms with E-state index >= 15 is 0 Å². The van der Waals surface area contributed by atoms with Crippen molar-refractivity contribution in [1.82, 2.24) is 14.8 Å². The first-order valence-corrected chi connectivity index (χ1v) is 11.7. The number of hydrogen-bond donors (Lipinski definition) is 3. The van der Waals surface area contributed by atoms with Gasteiger partial charge in [0.1, 0.15) is 0 Å².